The number of hydrogen-bond acceptors (Lipinski definition) is 9. The fourth-order valence-electron chi connectivity index (χ4n) is 5.37. The second-order valence-electron chi connectivity index (χ2n) is 9.92. The van der Waals surface area contributed by atoms with Gasteiger partial charge in [0.1, 0.15) is 33.7 Å². The molecule has 190 valence electrons. The van der Waals surface area contributed by atoms with Gasteiger partial charge in [0, 0.05) is 24.2 Å². The van der Waals surface area contributed by atoms with Gasteiger partial charge in [0.05, 0.1) is 37.0 Å². The molecule has 3 fully saturated rings. The Morgan fingerprint density at radius 3 is 2.64 bits per heavy atom. The Bertz CT molecular complexity index is 1250. The third-order valence-electron chi connectivity index (χ3n) is 7.44. The van der Waals surface area contributed by atoms with Crippen molar-refractivity contribution in [2.24, 2.45) is 5.41 Å². The van der Waals surface area contributed by atoms with Gasteiger partial charge in [0.2, 0.25) is 0 Å². The molecule has 0 amide bonds. The molecule has 0 unspecified atom stereocenters. The number of nitrogens with zero attached hydrogens (tertiary/aromatic N) is 6. The van der Waals surface area contributed by atoms with Crippen molar-refractivity contribution in [2.45, 2.75) is 42.2 Å². The SMILES string of the molecule is C[C@H]1CC2(CCN(c3cnc4nc(Sc5ccnc(N6CC[S+]([O-])CC6)c5Cl)ccc4n3)CC2)CO1. The Morgan fingerprint density at radius 2 is 1.89 bits per heavy atom. The smallest absolute Gasteiger partial charge is 0.179 e. The molecule has 0 aromatic carbocycles. The molecule has 0 saturated carbocycles. The van der Waals surface area contributed by atoms with E-state index in [-0.39, 0.29) is 0 Å². The minimum atomic E-state index is -0.747. The van der Waals surface area contributed by atoms with Gasteiger partial charge in [0.25, 0.3) is 0 Å². The van der Waals surface area contributed by atoms with E-state index >= 15 is 0 Å². The lowest BCUT2D eigenvalue weighted by atomic mass is 9.77. The number of fused-ring (bicyclic) bond motifs is 1. The number of halogens is 1. The van der Waals surface area contributed by atoms with E-state index in [4.69, 9.17) is 26.3 Å². The number of piperidine rings is 1. The number of anilines is 2. The highest BCUT2D eigenvalue weighted by Gasteiger charge is 2.41. The first-order valence-corrected chi connectivity index (χ1v) is 15.1. The quantitative estimate of drug-likeness (QED) is 0.448. The topological polar surface area (TPSA) is 90.3 Å². The van der Waals surface area contributed by atoms with Gasteiger partial charge >= 0.3 is 0 Å². The van der Waals surface area contributed by atoms with Crippen LogP contribution in [-0.4, -0.2) is 74.9 Å². The average Bonchev–Trinajstić information content (AvgIpc) is 3.25. The van der Waals surface area contributed by atoms with E-state index in [0.717, 1.165) is 66.0 Å². The second kappa shape index (κ2) is 10.1. The predicted octanol–water partition coefficient (Wildman–Crippen LogP) is 4.19. The zero-order chi connectivity index (χ0) is 24.7. The van der Waals surface area contributed by atoms with Crippen LogP contribution in [0.1, 0.15) is 26.2 Å². The normalized spacial score (nSPS) is 22.6. The highest BCUT2D eigenvalue weighted by atomic mass is 35.5. The molecule has 36 heavy (non-hydrogen) atoms. The van der Waals surface area contributed by atoms with Gasteiger partial charge in [-0.3, -0.25) is 0 Å². The van der Waals surface area contributed by atoms with E-state index in [1.165, 1.54) is 11.8 Å². The monoisotopic (exact) mass is 544 g/mol. The number of aromatic nitrogens is 4. The average molecular weight is 545 g/mol. The Hall–Kier alpha value is -1.85. The lowest BCUT2D eigenvalue weighted by Crippen LogP contribution is -2.41. The van der Waals surface area contributed by atoms with Gasteiger partial charge in [-0.15, -0.1) is 0 Å². The minimum Gasteiger partial charge on any atom is -0.616 e. The maximum absolute atomic E-state index is 11.7. The van der Waals surface area contributed by atoms with Crippen molar-refractivity contribution in [1.82, 2.24) is 19.9 Å². The fourth-order valence-corrected chi connectivity index (χ4v) is 7.57. The second-order valence-corrected chi connectivity index (χ2v) is 13.1. The van der Waals surface area contributed by atoms with Gasteiger partial charge in [-0.2, -0.15) is 0 Å². The van der Waals surface area contributed by atoms with Crippen LogP contribution in [0.25, 0.3) is 11.2 Å². The van der Waals surface area contributed by atoms with Crippen LogP contribution in [0, 0.1) is 5.41 Å². The van der Waals surface area contributed by atoms with Crippen LogP contribution in [0.5, 0.6) is 0 Å². The van der Waals surface area contributed by atoms with Gasteiger partial charge < -0.3 is 19.1 Å². The predicted molar refractivity (Wildman–Crippen MR) is 145 cm³/mol. The lowest BCUT2D eigenvalue weighted by molar-refractivity contribution is 0.0976. The van der Waals surface area contributed by atoms with E-state index < -0.39 is 11.2 Å². The molecule has 3 aliphatic rings. The minimum absolute atomic E-state index is 0.342. The van der Waals surface area contributed by atoms with Gasteiger partial charge in [-0.25, -0.2) is 19.9 Å². The first-order valence-electron chi connectivity index (χ1n) is 12.4. The van der Waals surface area contributed by atoms with Gasteiger partial charge in [0.15, 0.2) is 5.65 Å². The van der Waals surface area contributed by atoms with E-state index in [2.05, 4.69) is 26.7 Å². The summed E-state index contributed by atoms with van der Waals surface area (Å²) in [6.07, 6.45) is 7.41. The Labute approximate surface area is 223 Å². The molecular formula is C25H29ClN6O2S2. The Kier molecular flexibility index (Phi) is 6.89. The maximum atomic E-state index is 11.7. The Morgan fingerprint density at radius 1 is 1.08 bits per heavy atom. The number of ether oxygens (including phenoxy) is 1. The van der Waals surface area contributed by atoms with E-state index in [1.807, 2.05) is 24.4 Å². The molecule has 0 aliphatic carbocycles. The third kappa shape index (κ3) is 4.98. The summed E-state index contributed by atoms with van der Waals surface area (Å²) in [7, 11) is 0. The van der Waals surface area contributed by atoms with E-state index in [1.54, 1.807) is 6.20 Å². The molecule has 0 N–H and O–H groups in total. The van der Waals surface area contributed by atoms with Crippen LogP contribution in [-0.2, 0) is 15.9 Å². The van der Waals surface area contributed by atoms with Crippen LogP contribution >= 0.6 is 23.4 Å². The zero-order valence-electron chi connectivity index (χ0n) is 20.2. The van der Waals surface area contributed by atoms with Crippen LogP contribution in [0.15, 0.2) is 40.5 Å². The highest BCUT2D eigenvalue weighted by molar-refractivity contribution is 7.99. The fraction of sp³-hybridized carbons (Fsp3) is 0.520. The molecule has 11 heteroatoms. The summed E-state index contributed by atoms with van der Waals surface area (Å²) >= 11 is 7.48. The molecule has 0 radical (unpaired) electrons. The van der Waals surface area contributed by atoms with Gasteiger partial charge in [-0.1, -0.05) is 34.5 Å². The largest absolute Gasteiger partial charge is 0.616 e. The van der Waals surface area contributed by atoms with Crippen molar-refractivity contribution >= 4 is 57.3 Å². The molecule has 1 atom stereocenters. The van der Waals surface area contributed by atoms with Crippen molar-refractivity contribution in [3.63, 3.8) is 0 Å². The van der Waals surface area contributed by atoms with Crippen molar-refractivity contribution in [2.75, 3.05) is 54.1 Å². The van der Waals surface area contributed by atoms with Crippen LogP contribution in [0.4, 0.5) is 11.6 Å². The summed E-state index contributed by atoms with van der Waals surface area (Å²) in [5.74, 6) is 2.95. The zero-order valence-corrected chi connectivity index (χ0v) is 22.6. The molecule has 3 aliphatic heterocycles. The molecule has 3 aromatic rings. The molecule has 1 spiro atoms. The summed E-state index contributed by atoms with van der Waals surface area (Å²) in [5, 5.41) is 1.40. The number of rotatable bonds is 4. The number of hydrogen-bond donors (Lipinski definition) is 0. The van der Waals surface area contributed by atoms with Crippen molar-refractivity contribution in [3.05, 3.63) is 35.6 Å². The molecule has 8 nitrogen and oxygen atoms in total. The van der Waals surface area contributed by atoms with Crippen LogP contribution in [0.2, 0.25) is 5.02 Å². The summed E-state index contributed by atoms with van der Waals surface area (Å²) in [5.41, 5.74) is 1.76. The summed E-state index contributed by atoms with van der Waals surface area (Å²) in [4.78, 5) is 24.1. The maximum Gasteiger partial charge on any atom is 0.179 e. The molecule has 3 aromatic heterocycles. The van der Waals surface area contributed by atoms with Crippen LogP contribution < -0.4 is 9.80 Å². The van der Waals surface area contributed by atoms with Gasteiger partial charge in [-0.05, 0) is 49.8 Å². The molecule has 6 heterocycles. The van der Waals surface area contributed by atoms with E-state index in [9.17, 15) is 4.55 Å². The molecular weight excluding hydrogens is 516 g/mol. The van der Waals surface area contributed by atoms with Crippen molar-refractivity contribution < 1.29 is 9.29 Å². The highest BCUT2D eigenvalue weighted by Crippen LogP contribution is 2.42. The lowest BCUT2D eigenvalue weighted by Gasteiger charge is -2.38. The first-order chi connectivity index (χ1) is 17.5. The van der Waals surface area contributed by atoms with Crippen molar-refractivity contribution in [3.8, 4) is 0 Å². The summed E-state index contributed by atoms with van der Waals surface area (Å²) in [6, 6.07) is 5.85. The van der Waals surface area contributed by atoms with E-state index in [0.29, 0.717) is 46.8 Å². The number of pyridine rings is 2. The molecule has 3 saturated heterocycles. The van der Waals surface area contributed by atoms with Crippen molar-refractivity contribution in [1.29, 1.82) is 0 Å². The molecule has 0 bridgehead atoms. The molecule has 6 rings (SSSR count). The summed E-state index contributed by atoms with van der Waals surface area (Å²) in [6.45, 7) is 6.42. The summed E-state index contributed by atoms with van der Waals surface area (Å²) < 4.78 is 17.6. The first kappa shape index (κ1) is 24.5. The standard InChI is InChI=1S/C25H29ClN6O2S2/c1-17-14-25(16-34-17)5-8-31(9-6-25)20-15-28-23-18(29-20)2-3-21(30-23)35-19-4-7-27-24(22(19)26)32-10-12-36(33)13-11-32/h2-4,7,15,17H,5-6,8-14,16H2,1H3/t17-/m0/s1. The van der Waals surface area contributed by atoms with Crippen LogP contribution in [0.3, 0.4) is 0 Å². The third-order valence-corrected chi connectivity index (χ3v) is 10.2. The Balaban J connectivity index is 1.16.